The highest BCUT2D eigenvalue weighted by molar-refractivity contribution is 7.90. The molecule has 2 atom stereocenters. The minimum Gasteiger partial charge on any atom is -0.211 e. The lowest BCUT2D eigenvalue weighted by atomic mass is 10.0. The predicted octanol–water partition coefficient (Wildman–Crippen LogP) is 2.41. The second-order valence-corrected chi connectivity index (χ2v) is 6.87. The summed E-state index contributed by atoms with van der Waals surface area (Å²) in [6, 6.07) is 0.268. The fraction of sp³-hybridized carbons (Fsp3) is 1.00. The molecule has 5 heteroatoms. The topological polar surface area (TPSA) is 37.4 Å². The minimum absolute atomic E-state index is 0.0613. The Morgan fingerprint density at radius 1 is 1.40 bits per heavy atom. The van der Waals surface area contributed by atoms with Crippen LogP contribution in [-0.2, 0) is 10.0 Å². The van der Waals surface area contributed by atoms with Crippen LogP contribution in [0, 0.1) is 5.92 Å². The molecule has 0 aromatic rings. The van der Waals surface area contributed by atoms with E-state index in [0.717, 1.165) is 19.3 Å². The van der Waals surface area contributed by atoms with Gasteiger partial charge in [-0.05, 0) is 25.7 Å². The maximum absolute atomic E-state index is 11.8. The molecule has 0 aliphatic heterocycles. The molecule has 3 nitrogen and oxygen atoms in total. The molecule has 2 unspecified atom stereocenters. The van der Waals surface area contributed by atoms with Crippen LogP contribution in [0.25, 0.3) is 0 Å². The van der Waals surface area contributed by atoms with Gasteiger partial charge in [0.1, 0.15) is 5.21 Å². The SMILES string of the molecule is CCC(C)C(C)N(C1CC1)S(=O)(=O)CCl. The van der Waals surface area contributed by atoms with Gasteiger partial charge < -0.3 is 0 Å². The van der Waals surface area contributed by atoms with E-state index >= 15 is 0 Å². The van der Waals surface area contributed by atoms with Crippen molar-refractivity contribution < 1.29 is 8.42 Å². The Hall–Kier alpha value is 0.200. The quantitative estimate of drug-likeness (QED) is 0.682. The average Bonchev–Trinajstić information content (AvgIpc) is 3.00. The third kappa shape index (κ3) is 3.08. The van der Waals surface area contributed by atoms with Crippen molar-refractivity contribution in [2.45, 2.75) is 52.1 Å². The standard InChI is InChI=1S/C10H20ClNO2S/c1-4-8(2)9(3)12(10-5-6-10)15(13,14)7-11/h8-10H,4-7H2,1-3H3. The van der Waals surface area contributed by atoms with Gasteiger partial charge in [-0.25, -0.2) is 8.42 Å². The largest absolute Gasteiger partial charge is 0.228 e. The van der Waals surface area contributed by atoms with Crippen molar-refractivity contribution in [3.8, 4) is 0 Å². The zero-order valence-corrected chi connectivity index (χ0v) is 11.2. The van der Waals surface area contributed by atoms with Crippen LogP contribution in [0.4, 0.5) is 0 Å². The van der Waals surface area contributed by atoms with Crippen LogP contribution in [0.2, 0.25) is 0 Å². The summed E-state index contributed by atoms with van der Waals surface area (Å²) in [7, 11) is -3.25. The van der Waals surface area contributed by atoms with Crippen LogP contribution in [0.5, 0.6) is 0 Å². The van der Waals surface area contributed by atoms with Crippen molar-refractivity contribution in [3.05, 3.63) is 0 Å². The van der Waals surface area contributed by atoms with Crippen molar-refractivity contribution in [2.24, 2.45) is 5.92 Å². The molecule has 1 rings (SSSR count). The molecule has 1 fully saturated rings. The van der Waals surface area contributed by atoms with E-state index in [-0.39, 0.29) is 17.3 Å². The normalized spacial score (nSPS) is 21.7. The van der Waals surface area contributed by atoms with Gasteiger partial charge in [-0.1, -0.05) is 20.3 Å². The maximum atomic E-state index is 11.8. The highest BCUT2D eigenvalue weighted by atomic mass is 35.5. The van der Waals surface area contributed by atoms with Gasteiger partial charge in [0, 0.05) is 12.1 Å². The molecule has 0 aromatic heterocycles. The Balaban J connectivity index is 2.83. The molecule has 0 amide bonds. The molecule has 0 bridgehead atoms. The molecule has 0 radical (unpaired) electrons. The molecule has 1 aliphatic rings. The van der Waals surface area contributed by atoms with E-state index in [1.54, 1.807) is 4.31 Å². The first-order valence-electron chi connectivity index (χ1n) is 5.51. The monoisotopic (exact) mass is 253 g/mol. The number of hydrogen-bond donors (Lipinski definition) is 0. The lowest BCUT2D eigenvalue weighted by Gasteiger charge is -2.31. The zero-order valence-electron chi connectivity index (χ0n) is 9.61. The Bertz CT molecular complexity index is 301. The van der Waals surface area contributed by atoms with Crippen molar-refractivity contribution in [2.75, 3.05) is 5.21 Å². The summed E-state index contributed by atoms with van der Waals surface area (Å²) in [5.41, 5.74) is 0. The number of halogens is 1. The van der Waals surface area contributed by atoms with Gasteiger partial charge in [-0.15, -0.1) is 11.6 Å². The second-order valence-electron chi connectivity index (χ2n) is 4.41. The molecule has 0 heterocycles. The van der Waals surface area contributed by atoms with E-state index in [1.165, 1.54) is 0 Å². The van der Waals surface area contributed by atoms with Crippen LogP contribution in [-0.4, -0.2) is 30.0 Å². The number of alkyl halides is 1. The molecular formula is C10H20ClNO2S. The maximum Gasteiger partial charge on any atom is 0.228 e. The van der Waals surface area contributed by atoms with Gasteiger partial charge in [-0.3, -0.25) is 0 Å². The Morgan fingerprint density at radius 3 is 2.27 bits per heavy atom. The van der Waals surface area contributed by atoms with Crippen LogP contribution in [0.1, 0.15) is 40.0 Å². The Labute approximate surface area is 97.8 Å². The Kier molecular flexibility index (Phi) is 4.44. The summed E-state index contributed by atoms with van der Waals surface area (Å²) in [5, 5.41) is -0.301. The highest BCUT2D eigenvalue weighted by Crippen LogP contribution is 2.34. The van der Waals surface area contributed by atoms with Gasteiger partial charge in [-0.2, -0.15) is 4.31 Å². The van der Waals surface area contributed by atoms with Gasteiger partial charge >= 0.3 is 0 Å². The molecular weight excluding hydrogens is 234 g/mol. The summed E-state index contributed by atoms with van der Waals surface area (Å²) in [6.07, 6.45) is 2.95. The van der Waals surface area contributed by atoms with Gasteiger partial charge in [0.25, 0.3) is 0 Å². The first-order chi connectivity index (χ1) is 6.94. The fourth-order valence-corrected chi connectivity index (χ4v) is 3.62. The third-order valence-electron chi connectivity index (χ3n) is 3.23. The smallest absolute Gasteiger partial charge is 0.211 e. The summed E-state index contributed by atoms with van der Waals surface area (Å²) >= 11 is 5.52. The first-order valence-corrected chi connectivity index (χ1v) is 7.65. The van der Waals surface area contributed by atoms with Crippen molar-refractivity contribution >= 4 is 21.6 Å². The lowest BCUT2D eigenvalue weighted by Crippen LogP contribution is -2.43. The Morgan fingerprint density at radius 2 is 1.93 bits per heavy atom. The van der Waals surface area contributed by atoms with E-state index < -0.39 is 10.0 Å². The molecule has 0 saturated heterocycles. The van der Waals surface area contributed by atoms with Crippen LogP contribution < -0.4 is 0 Å². The van der Waals surface area contributed by atoms with Crippen molar-refractivity contribution in [3.63, 3.8) is 0 Å². The number of rotatable bonds is 6. The second kappa shape index (κ2) is 5.02. The molecule has 90 valence electrons. The predicted molar refractivity (Wildman–Crippen MR) is 63.4 cm³/mol. The lowest BCUT2D eigenvalue weighted by molar-refractivity contribution is 0.254. The van der Waals surface area contributed by atoms with Gasteiger partial charge in [0.05, 0.1) is 0 Å². The summed E-state index contributed by atoms with van der Waals surface area (Å²) in [4.78, 5) is 0. The molecule has 0 N–H and O–H groups in total. The van der Waals surface area contributed by atoms with E-state index in [1.807, 2.05) is 6.92 Å². The summed E-state index contributed by atoms with van der Waals surface area (Å²) < 4.78 is 25.3. The van der Waals surface area contributed by atoms with Crippen molar-refractivity contribution in [1.82, 2.24) is 4.31 Å². The van der Waals surface area contributed by atoms with Crippen molar-refractivity contribution in [1.29, 1.82) is 0 Å². The van der Waals surface area contributed by atoms with Gasteiger partial charge in [0.2, 0.25) is 10.0 Å². The number of hydrogen-bond acceptors (Lipinski definition) is 2. The van der Waals surface area contributed by atoms with Crippen LogP contribution in [0.3, 0.4) is 0 Å². The molecule has 1 saturated carbocycles. The summed E-state index contributed by atoms with van der Waals surface area (Å²) in [5.74, 6) is 0.378. The van der Waals surface area contributed by atoms with Crippen LogP contribution >= 0.6 is 11.6 Å². The molecule has 1 aliphatic carbocycles. The highest BCUT2D eigenvalue weighted by Gasteiger charge is 2.40. The third-order valence-corrected chi connectivity index (χ3v) is 5.61. The number of nitrogens with zero attached hydrogens (tertiary/aromatic N) is 1. The first kappa shape index (κ1) is 13.3. The minimum atomic E-state index is -3.25. The average molecular weight is 254 g/mol. The zero-order chi connectivity index (χ0) is 11.6. The number of sulfonamides is 1. The van der Waals surface area contributed by atoms with Crippen LogP contribution in [0.15, 0.2) is 0 Å². The van der Waals surface area contributed by atoms with E-state index in [4.69, 9.17) is 11.6 Å². The fourth-order valence-electron chi connectivity index (χ4n) is 1.79. The van der Waals surface area contributed by atoms with E-state index in [9.17, 15) is 8.42 Å². The summed E-state index contributed by atoms with van der Waals surface area (Å²) in [6.45, 7) is 6.15. The van der Waals surface area contributed by atoms with E-state index in [0.29, 0.717) is 5.92 Å². The molecule has 15 heavy (non-hydrogen) atoms. The van der Waals surface area contributed by atoms with E-state index in [2.05, 4.69) is 13.8 Å². The molecule has 0 aromatic carbocycles. The van der Waals surface area contributed by atoms with Gasteiger partial charge in [0.15, 0.2) is 0 Å². The molecule has 0 spiro atoms.